The maximum Gasteiger partial charge on any atom is 0.280 e. The molecule has 2 N–H and O–H groups in total. The first-order valence-corrected chi connectivity index (χ1v) is 10.8. The van der Waals surface area contributed by atoms with Crippen LogP contribution in [0.15, 0.2) is 80.7 Å². The van der Waals surface area contributed by atoms with Crippen LogP contribution < -0.4 is 10.1 Å². The molecule has 3 aromatic rings. The van der Waals surface area contributed by atoms with Crippen molar-refractivity contribution < 1.29 is 17.6 Å². The highest BCUT2D eigenvalue weighted by Crippen LogP contribution is 2.28. The van der Waals surface area contributed by atoms with Crippen molar-refractivity contribution in [2.45, 2.75) is 11.8 Å². The minimum atomic E-state index is -3.81. The first-order chi connectivity index (χ1) is 14.2. The van der Waals surface area contributed by atoms with E-state index in [4.69, 9.17) is 21.2 Å². The lowest BCUT2D eigenvalue weighted by Crippen LogP contribution is -2.21. The number of carbonyl (C=O) groups is 1. The molecule has 7 nitrogen and oxygen atoms in total. The number of hydrazone groups is 1. The van der Waals surface area contributed by atoms with E-state index >= 15 is 0 Å². The van der Waals surface area contributed by atoms with E-state index in [1.807, 2.05) is 18.2 Å². The Bertz CT molecular complexity index is 1290. The van der Waals surface area contributed by atoms with Crippen LogP contribution in [0.3, 0.4) is 0 Å². The van der Waals surface area contributed by atoms with Gasteiger partial charge in [-0.2, -0.15) is 10.1 Å². The van der Waals surface area contributed by atoms with E-state index < -0.39 is 10.0 Å². The lowest BCUT2D eigenvalue weighted by atomic mass is 10.1. The molecule has 1 aliphatic heterocycles. The van der Waals surface area contributed by atoms with Crippen molar-refractivity contribution in [3.8, 4) is 11.3 Å². The molecular formula is C21H16ClN3O4S. The molecule has 0 atom stereocenters. The number of amides is 1. The summed E-state index contributed by atoms with van der Waals surface area (Å²) in [6, 6.07) is 16.4. The van der Waals surface area contributed by atoms with Gasteiger partial charge in [0, 0.05) is 10.6 Å². The van der Waals surface area contributed by atoms with Crippen LogP contribution in [0.1, 0.15) is 12.7 Å². The number of nitrogens with two attached hydrogens (primary N) is 1. The molecule has 0 saturated carbocycles. The van der Waals surface area contributed by atoms with Gasteiger partial charge in [0.1, 0.15) is 11.5 Å². The number of benzene rings is 2. The molecule has 0 bridgehead atoms. The predicted octanol–water partition coefficient (Wildman–Crippen LogP) is 4.05. The van der Waals surface area contributed by atoms with Crippen molar-refractivity contribution in [2.75, 3.05) is 5.01 Å². The molecule has 2 heterocycles. The van der Waals surface area contributed by atoms with Gasteiger partial charge in [-0.3, -0.25) is 4.79 Å². The van der Waals surface area contributed by atoms with Crippen molar-refractivity contribution in [1.82, 2.24) is 0 Å². The third kappa shape index (κ3) is 3.93. The third-order valence-electron chi connectivity index (χ3n) is 4.51. The topological polar surface area (TPSA) is 106 Å². The molecule has 1 amide bonds. The second kappa shape index (κ2) is 7.56. The SMILES string of the molecule is CC1=NN(c2ccc(S(N)(=O)=O)cc2)C(=O)/C1=C\c1ccc(-c2ccc(Cl)cc2)o1. The van der Waals surface area contributed by atoms with E-state index in [9.17, 15) is 13.2 Å². The number of anilines is 1. The number of nitrogens with zero attached hydrogens (tertiary/aromatic N) is 2. The molecule has 30 heavy (non-hydrogen) atoms. The smallest absolute Gasteiger partial charge is 0.280 e. The number of furan rings is 1. The van der Waals surface area contributed by atoms with Crippen LogP contribution >= 0.6 is 11.6 Å². The van der Waals surface area contributed by atoms with Gasteiger partial charge in [-0.05, 0) is 73.7 Å². The molecule has 9 heteroatoms. The van der Waals surface area contributed by atoms with Crippen LogP contribution in [0.5, 0.6) is 0 Å². The Hall–Kier alpha value is -3.20. The highest BCUT2D eigenvalue weighted by atomic mass is 35.5. The Kier molecular flexibility index (Phi) is 5.07. The van der Waals surface area contributed by atoms with Crippen molar-refractivity contribution in [2.24, 2.45) is 10.2 Å². The molecule has 1 aromatic heterocycles. The van der Waals surface area contributed by atoms with Gasteiger partial charge in [-0.25, -0.2) is 13.6 Å². The Morgan fingerprint density at radius 3 is 2.33 bits per heavy atom. The average molecular weight is 442 g/mol. The van der Waals surface area contributed by atoms with E-state index in [1.54, 1.807) is 31.2 Å². The maximum absolute atomic E-state index is 12.9. The summed E-state index contributed by atoms with van der Waals surface area (Å²) in [7, 11) is -3.81. The zero-order chi connectivity index (χ0) is 21.5. The van der Waals surface area contributed by atoms with Crippen molar-refractivity contribution in [3.05, 3.63) is 77.0 Å². The van der Waals surface area contributed by atoms with Gasteiger partial charge in [0.15, 0.2) is 0 Å². The van der Waals surface area contributed by atoms with Crippen LogP contribution in [0.2, 0.25) is 5.02 Å². The largest absolute Gasteiger partial charge is 0.457 e. The average Bonchev–Trinajstić information content (AvgIpc) is 3.28. The number of halogens is 1. The number of carbonyl (C=O) groups excluding carboxylic acids is 1. The molecule has 0 aliphatic carbocycles. The van der Waals surface area contributed by atoms with Gasteiger partial charge in [-0.1, -0.05) is 11.6 Å². The summed E-state index contributed by atoms with van der Waals surface area (Å²) in [6.45, 7) is 1.71. The van der Waals surface area contributed by atoms with Gasteiger partial charge in [0.25, 0.3) is 5.91 Å². The first kappa shape index (κ1) is 20.1. The zero-order valence-corrected chi connectivity index (χ0v) is 17.3. The summed E-state index contributed by atoms with van der Waals surface area (Å²) < 4.78 is 28.6. The molecule has 2 aromatic carbocycles. The van der Waals surface area contributed by atoms with Crippen molar-refractivity contribution in [3.63, 3.8) is 0 Å². The molecule has 0 spiro atoms. The molecular weight excluding hydrogens is 426 g/mol. The molecule has 0 fully saturated rings. The van der Waals surface area contributed by atoms with Crippen molar-refractivity contribution >= 4 is 45.0 Å². The highest BCUT2D eigenvalue weighted by molar-refractivity contribution is 7.89. The van der Waals surface area contributed by atoms with Crippen LogP contribution in [0.4, 0.5) is 5.69 Å². The molecule has 4 rings (SSSR count). The van der Waals surface area contributed by atoms with Crippen LogP contribution in [0.25, 0.3) is 17.4 Å². The normalized spacial score (nSPS) is 15.7. The third-order valence-corrected chi connectivity index (χ3v) is 5.70. The lowest BCUT2D eigenvalue weighted by Gasteiger charge is -2.11. The molecule has 152 valence electrons. The fraction of sp³-hybridized carbons (Fsp3) is 0.0476. The summed E-state index contributed by atoms with van der Waals surface area (Å²) in [5.41, 5.74) is 2.18. The van der Waals surface area contributed by atoms with Gasteiger partial charge < -0.3 is 4.42 Å². The van der Waals surface area contributed by atoms with Gasteiger partial charge in [0.05, 0.1) is 21.9 Å². The lowest BCUT2D eigenvalue weighted by molar-refractivity contribution is -0.114. The molecule has 0 unspecified atom stereocenters. The Labute approximate surface area is 178 Å². The minimum absolute atomic E-state index is 0.0420. The zero-order valence-electron chi connectivity index (χ0n) is 15.7. The minimum Gasteiger partial charge on any atom is -0.457 e. The van der Waals surface area contributed by atoms with Crippen LogP contribution in [0, 0.1) is 0 Å². The van der Waals surface area contributed by atoms with E-state index in [2.05, 4.69) is 5.10 Å². The fourth-order valence-corrected chi connectivity index (χ4v) is 3.62. The van der Waals surface area contributed by atoms with E-state index in [0.29, 0.717) is 33.5 Å². The van der Waals surface area contributed by atoms with Crippen molar-refractivity contribution in [1.29, 1.82) is 0 Å². The number of hydrogen-bond acceptors (Lipinski definition) is 5. The first-order valence-electron chi connectivity index (χ1n) is 8.83. The Balaban J connectivity index is 1.59. The predicted molar refractivity (Wildman–Crippen MR) is 116 cm³/mol. The Morgan fingerprint density at radius 1 is 1.03 bits per heavy atom. The monoisotopic (exact) mass is 441 g/mol. The summed E-state index contributed by atoms with van der Waals surface area (Å²) in [5.74, 6) is 0.804. The van der Waals surface area contributed by atoms with Gasteiger partial charge >= 0.3 is 0 Å². The second-order valence-corrected chi connectivity index (χ2v) is 8.61. The van der Waals surface area contributed by atoms with E-state index in [-0.39, 0.29) is 10.8 Å². The van der Waals surface area contributed by atoms with E-state index in [0.717, 1.165) is 5.56 Å². The van der Waals surface area contributed by atoms with Crippen LogP contribution in [-0.4, -0.2) is 20.0 Å². The number of hydrogen-bond donors (Lipinski definition) is 1. The second-order valence-electron chi connectivity index (χ2n) is 6.61. The fourth-order valence-electron chi connectivity index (χ4n) is 2.98. The molecule has 0 radical (unpaired) electrons. The van der Waals surface area contributed by atoms with Gasteiger partial charge in [0.2, 0.25) is 10.0 Å². The summed E-state index contributed by atoms with van der Waals surface area (Å²) in [6.07, 6.45) is 1.62. The highest BCUT2D eigenvalue weighted by Gasteiger charge is 2.29. The molecule has 0 saturated heterocycles. The summed E-state index contributed by atoms with van der Waals surface area (Å²) in [5, 5.41) is 11.2. The Morgan fingerprint density at radius 2 is 1.70 bits per heavy atom. The standard InChI is InChI=1S/C21H16ClN3O4S/c1-13-19(12-17-8-11-20(29-17)14-2-4-15(22)5-3-14)21(26)25(24-13)16-6-9-18(10-7-16)30(23,27)28/h2-12H,1H3,(H2,23,27,28)/b19-12-. The maximum atomic E-state index is 12.9. The van der Waals surface area contributed by atoms with Gasteiger partial charge in [-0.15, -0.1) is 0 Å². The summed E-state index contributed by atoms with van der Waals surface area (Å²) in [4.78, 5) is 12.8. The van der Waals surface area contributed by atoms with E-state index in [1.165, 1.54) is 29.3 Å². The quantitative estimate of drug-likeness (QED) is 0.616. The van der Waals surface area contributed by atoms with Crippen LogP contribution in [-0.2, 0) is 14.8 Å². The number of primary sulfonamides is 1. The molecule has 1 aliphatic rings. The number of sulfonamides is 1. The summed E-state index contributed by atoms with van der Waals surface area (Å²) >= 11 is 5.91. The number of rotatable bonds is 4.